The Bertz CT molecular complexity index is 381. The third kappa shape index (κ3) is 15.8. The van der Waals surface area contributed by atoms with E-state index in [9.17, 15) is 18.1 Å². The van der Waals surface area contributed by atoms with Gasteiger partial charge in [0.15, 0.2) is 0 Å². The molecule has 2 unspecified atom stereocenters. The lowest BCUT2D eigenvalue weighted by Gasteiger charge is -2.17. The lowest BCUT2D eigenvalue weighted by Crippen LogP contribution is -2.26. The molecule has 0 aromatic rings. The van der Waals surface area contributed by atoms with Crippen LogP contribution >= 0.6 is 0 Å². The number of aliphatic hydroxyl groups excluding tert-OH is 1. The molecule has 0 aromatic heterocycles. The Morgan fingerprint density at radius 3 is 1.56 bits per heavy atom. The van der Waals surface area contributed by atoms with Crippen LogP contribution in [0.15, 0.2) is 0 Å². The summed E-state index contributed by atoms with van der Waals surface area (Å²) in [5.41, 5.74) is 0. The van der Waals surface area contributed by atoms with Crippen LogP contribution in [-0.4, -0.2) is 29.4 Å². The Balaban J connectivity index is 3.75. The van der Waals surface area contributed by atoms with Gasteiger partial charge in [0, 0.05) is 0 Å². The van der Waals surface area contributed by atoms with Gasteiger partial charge in [0.05, 0.1) is 11.4 Å². The standard InChI is InChI=1S/C20H42O4S/c1-3-5-7-8-9-10-11-12-13-14-15-17-20(25(22,23)24)18-19(21)16-6-4-2/h19-21H,3-18H2,1-2H3,(H,22,23,24). The van der Waals surface area contributed by atoms with Crippen LogP contribution in [0.5, 0.6) is 0 Å². The molecular weight excluding hydrogens is 336 g/mol. The summed E-state index contributed by atoms with van der Waals surface area (Å²) < 4.78 is 32.4. The minimum atomic E-state index is -4.06. The van der Waals surface area contributed by atoms with Crippen molar-refractivity contribution < 1.29 is 18.1 Å². The van der Waals surface area contributed by atoms with Crippen molar-refractivity contribution in [2.45, 2.75) is 128 Å². The third-order valence-electron chi connectivity index (χ3n) is 4.98. The molecule has 0 aromatic carbocycles. The molecule has 0 saturated carbocycles. The fourth-order valence-electron chi connectivity index (χ4n) is 3.29. The maximum Gasteiger partial charge on any atom is 0.267 e. The summed E-state index contributed by atoms with van der Waals surface area (Å²) in [7, 11) is -4.06. The fraction of sp³-hybridized carbons (Fsp3) is 1.00. The topological polar surface area (TPSA) is 74.6 Å². The molecule has 0 bridgehead atoms. The molecule has 25 heavy (non-hydrogen) atoms. The van der Waals surface area contributed by atoms with Crippen molar-refractivity contribution in [1.82, 2.24) is 0 Å². The van der Waals surface area contributed by atoms with Crippen molar-refractivity contribution in [3.8, 4) is 0 Å². The second-order valence-corrected chi connectivity index (χ2v) is 9.19. The van der Waals surface area contributed by atoms with E-state index < -0.39 is 21.5 Å². The molecule has 0 radical (unpaired) electrons. The van der Waals surface area contributed by atoms with Gasteiger partial charge in [-0.2, -0.15) is 8.42 Å². The van der Waals surface area contributed by atoms with Crippen LogP contribution in [0.25, 0.3) is 0 Å². The molecule has 0 amide bonds. The first-order valence-electron chi connectivity index (χ1n) is 10.6. The number of rotatable bonds is 18. The van der Waals surface area contributed by atoms with E-state index in [0.717, 1.165) is 32.1 Å². The summed E-state index contributed by atoms with van der Waals surface area (Å²) in [5, 5.41) is 9.11. The van der Waals surface area contributed by atoms with Crippen LogP contribution in [0, 0.1) is 0 Å². The van der Waals surface area contributed by atoms with Gasteiger partial charge in [-0.3, -0.25) is 4.55 Å². The molecule has 2 N–H and O–H groups in total. The Morgan fingerprint density at radius 1 is 0.680 bits per heavy atom. The fourth-order valence-corrected chi connectivity index (χ4v) is 4.22. The minimum absolute atomic E-state index is 0.163. The second kappa shape index (κ2) is 16.1. The van der Waals surface area contributed by atoms with Gasteiger partial charge in [-0.05, 0) is 19.3 Å². The van der Waals surface area contributed by atoms with Gasteiger partial charge in [0.25, 0.3) is 10.1 Å². The smallest absolute Gasteiger partial charge is 0.267 e. The van der Waals surface area contributed by atoms with Crippen molar-refractivity contribution in [2.75, 3.05) is 0 Å². The van der Waals surface area contributed by atoms with Gasteiger partial charge in [-0.1, -0.05) is 97.3 Å². The second-order valence-electron chi connectivity index (χ2n) is 7.49. The molecule has 5 heteroatoms. The summed E-state index contributed by atoms with van der Waals surface area (Å²) in [6.45, 7) is 4.27. The zero-order chi connectivity index (χ0) is 19.0. The van der Waals surface area contributed by atoms with Crippen LogP contribution in [0.4, 0.5) is 0 Å². The van der Waals surface area contributed by atoms with Crippen molar-refractivity contribution in [2.24, 2.45) is 0 Å². The normalized spacial score (nSPS) is 14.6. The molecule has 2 atom stereocenters. The molecule has 152 valence electrons. The van der Waals surface area contributed by atoms with Gasteiger partial charge >= 0.3 is 0 Å². The summed E-state index contributed by atoms with van der Waals surface area (Å²) in [6, 6.07) is 0. The molecule has 0 rings (SSSR count). The first kappa shape index (κ1) is 24.9. The zero-order valence-corrected chi connectivity index (χ0v) is 17.4. The van der Waals surface area contributed by atoms with Gasteiger partial charge in [-0.15, -0.1) is 0 Å². The Morgan fingerprint density at radius 2 is 1.12 bits per heavy atom. The Kier molecular flexibility index (Phi) is 16.0. The van der Waals surface area contributed by atoms with E-state index in [4.69, 9.17) is 0 Å². The van der Waals surface area contributed by atoms with E-state index in [1.54, 1.807) is 0 Å². The minimum Gasteiger partial charge on any atom is -0.393 e. The average Bonchev–Trinajstić information content (AvgIpc) is 2.55. The van der Waals surface area contributed by atoms with Crippen LogP contribution in [-0.2, 0) is 10.1 Å². The van der Waals surface area contributed by atoms with E-state index in [1.165, 1.54) is 51.4 Å². The maximum atomic E-state index is 11.5. The number of aliphatic hydroxyl groups is 1. The van der Waals surface area contributed by atoms with Crippen molar-refractivity contribution in [1.29, 1.82) is 0 Å². The van der Waals surface area contributed by atoms with Crippen molar-refractivity contribution >= 4 is 10.1 Å². The maximum absolute atomic E-state index is 11.5. The molecule has 4 nitrogen and oxygen atoms in total. The summed E-state index contributed by atoms with van der Waals surface area (Å²) in [6.07, 6.45) is 15.9. The summed E-state index contributed by atoms with van der Waals surface area (Å²) in [5.74, 6) is 0. The highest BCUT2D eigenvalue weighted by Crippen LogP contribution is 2.19. The molecule has 0 aliphatic carbocycles. The van der Waals surface area contributed by atoms with Gasteiger partial charge in [0.1, 0.15) is 0 Å². The number of unbranched alkanes of at least 4 members (excludes halogenated alkanes) is 11. The number of hydrogen-bond acceptors (Lipinski definition) is 3. The van der Waals surface area contributed by atoms with Gasteiger partial charge in [0.2, 0.25) is 0 Å². The monoisotopic (exact) mass is 378 g/mol. The summed E-state index contributed by atoms with van der Waals surface area (Å²) in [4.78, 5) is 0. The van der Waals surface area contributed by atoms with Crippen LogP contribution in [0.2, 0.25) is 0 Å². The summed E-state index contributed by atoms with van der Waals surface area (Å²) >= 11 is 0. The molecule has 0 spiro atoms. The molecule has 0 saturated heterocycles. The highest BCUT2D eigenvalue weighted by Gasteiger charge is 2.25. The highest BCUT2D eigenvalue weighted by molar-refractivity contribution is 7.86. The van der Waals surface area contributed by atoms with E-state index in [2.05, 4.69) is 6.92 Å². The van der Waals surface area contributed by atoms with Crippen molar-refractivity contribution in [3.05, 3.63) is 0 Å². The van der Waals surface area contributed by atoms with Crippen LogP contribution in [0.1, 0.15) is 117 Å². The van der Waals surface area contributed by atoms with Gasteiger partial charge < -0.3 is 5.11 Å². The molecule has 0 aliphatic heterocycles. The molecular formula is C20H42O4S. The van der Waals surface area contributed by atoms with E-state index in [0.29, 0.717) is 12.8 Å². The SMILES string of the molecule is CCCCCCCCCCCCCC(CC(O)CCCC)S(=O)(=O)O. The lowest BCUT2D eigenvalue weighted by molar-refractivity contribution is 0.147. The average molecular weight is 379 g/mol. The van der Waals surface area contributed by atoms with E-state index in [1.807, 2.05) is 6.92 Å². The molecule has 0 heterocycles. The van der Waals surface area contributed by atoms with E-state index >= 15 is 0 Å². The Hall–Kier alpha value is -0.130. The molecule has 0 aliphatic rings. The van der Waals surface area contributed by atoms with Crippen LogP contribution in [0.3, 0.4) is 0 Å². The van der Waals surface area contributed by atoms with Gasteiger partial charge in [-0.25, -0.2) is 0 Å². The van der Waals surface area contributed by atoms with Crippen LogP contribution < -0.4 is 0 Å². The molecule has 0 fully saturated rings. The quantitative estimate of drug-likeness (QED) is 0.230. The zero-order valence-electron chi connectivity index (χ0n) is 16.6. The predicted molar refractivity (Wildman–Crippen MR) is 107 cm³/mol. The third-order valence-corrected chi connectivity index (χ3v) is 6.25. The Labute approximate surface area is 156 Å². The number of hydrogen-bond donors (Lipinski definition) is 2. The lowest BCUT2D eigenvalue weighted by atomic mass is 10.0. The van der Waals surface area contributed by atoms with Crippen molar-refractivity contribution in [3.63, 3.8) is 0 Å². The largest absolute Gasteiger partial charge is 0.393 e. The van der Waals surface area contributed by atoms with E-state index in [-0.39, 0.29) is 6.42 Å². The first-order valence-corrected chi connectivity index (χ1v) is 12.1. The predicted octanol–water partition coefficient (Wildman–Crippen LogP) is 5.89. The first-order chi connectivity index (χ1) is 11.9. The highest BCUT2D eigenvalue weighted by atomic mass is 32.2.